The third-order valence-electron chi connectivity index (χ3n) is 3.67. The van der Waals surface area contributed by atoms with Gasteiger partial charge in [0.05, 0.1) is 18.2 Å². The lowest BCUT2D eigenvalue weighted by molar-refractivity contribution is 0.385. The molecule has 1 aromatic rings. The fourth-order valence-electron chi connectivity index (χ4n) is 2.38. The van der Waals surface area contributed by atoms with E-state index in [1.54, 1.807) is 7.11 Å². The van der Waals surface area contributed by atoms with Crippen LogP contribution in [-0.2, 0) is 5.54 Å². The van der Waals surface area contributed by atoms with Crippen LogP contribution in [0.15, 0.2) is 12.1 Å². The molecular weight excluding hydrogens is 205 g/mol. The van der Waals surface area contributed by atoms with E-state index in [1.807, 2.05) is 26.8 Å². The molecule has 2 rings (SSSR count). The summed E-state index contributed by atoms with van der Waals surface area (Å²) in [5, 5.41) is 0. The molecule has 0 spiro atoms. The highest BCUT2D eigenvalue weighted by Gasteiger charge is 2.61. The molecule has 0 saturated heterocycles. The van der Waals surface area contributed by atoms with Gasteiger partial charge < -0.3 is 10.5 Å². The van der Waals surface area contributed by atoms with Crippen LogP contribution in [0.25, 0.3) is 0 Å². The number of benzene rings is 1. The van der Waals surface area contributed by atoms with Gasteiger partial charge in [-0.05, 0) is 36.5 Å². The highest BCUT2D eigenvalue weighted by molar-refractivity contribution is 5.48. The molecule has 0 radical (unpaired) electrons. The Balaban J connectivity index is 2.57. The summed E-state index contributed by atoms with van der Waals surface area (Å²) in [6, 6.07) is 3.35. The topological polar surface area (TPSA) is 35.2 Å². The number of aryl methyl sites for hydroxylation is 1. The van der Waals surface area contributed by atoms with Crippen molar-refractivity contribution in [3.63, 3.8) is 0 Å². The van der Waals surface area contributed by atoms with E-state index in [0.29, 0.717) is 11.3 Å². The Morgan fingerprint density at radius 3 is 2.38 bits per heavy atom. The Morgan fingerprint density at radius 2 is 1.94 bits per heavy atom. The first-order chi connectivity index (χ1) is 7.32. The molecule has 3 heteroatoms. The van der Waals surface area contributed by atoms with Crippen molar-refractivity contribution in [3.8, 4) is 5.75 Å². The predicted molar refractivity (Wildman–Crippen MR) is 62.0 cm³/mol. The molecule has 0 amide bonds. The lowest BCUT2D eigenvalue weighted by atomic mass is 9.94. The van der Waals surface area contributed by atoms with Crippen molar-refractivity contribution in [2.75, 3.05) is 7.11 Å². The molecule has 1 aliphatic carbocycles. The van der Waals surface area contributed by atoms with Crippen molar-refractivity contribution < 1.29 is 9.13 Å². The number of halogens is 1. The summed E-state index contributed by atoms with van der Waals surface area (Å²) in [7, 11) is 1.55. The molecule has 1 fully saturated rings. The summed E-state index contributed by atoms with van der Waals surface area (Å²) in [5.41, 5.74) is 6.97. The van der Waals surface area contributed by atoms with E-state index in [4.69, 9.17) is 10.5 Å². The molecule has 0 heterocycles. The Bertz CT molecular complexity index is 442. The molecular formula is C13H18FNO. The molecule has 2 nitrogen and oxygen atoms in total. The molecule has 0 bridgehead atoms. The van der Waals surface area contributed by atoms with Crippen LogP contribution in [-0.4, -0.2) is 7.11 Å². The second-order valence-corrected chi connectivity index (χ2v) is 5.36. The highest BCUT2D eigenvalue weighted by atomic mass is 19.1. The fraction of sp³-hybridized carbons (Fsp3) is 0.538. The van der Waals surface area contributed by atoms with Gasteiger partial charge in [0.15, 0.2) is 0 Å². The fourth-order valence-corrected chi connectivity index (χ4v) is 2.38. The summed E-state index contributed by atoms with van der Waals surface area (Å²) in [6.07, 6.45) is 0.788. The first-order valence-corrected chi connectivity index (χ1v) is 5.45. The maximum Gasteiger partial charge on any atom is 0.132 e. The maximum absolute atomic E-state index is 14.0. The van der Waals surface area contributed by atoms with Gasteiger partial charge in [-0.3, -0.25) is 0 Å². The van der Waals surface area contributed by atoms with Crippen molar-refractivity contribution in [1.29, 1.82) is 0 Å². The number of ether oxygens (including phenoxy) is 1. The van der Waals surface area contributed by atoms with Crippen molar-refractivity contribution in [2.45, 2.75) is 32.7 Å². The highest BCUT2D eigenvalue weighted by Crippen LogP contribution is 2.62. The predicted octanol–water partition coefficient (Wildman–Crippen LogP) is 2.73. The van der Waals surface area contributed by atoms with Crippen molar-refractivity contribution in [1.82, 2.24) is 0 Å². The lowest BCUT2D eigenvalue weighted by Gasteiger charge is -2.20. The van der Waals surface area contributed by atoms with Gasteiger partial charge in [0, 0.05) is 0 Å². The smallest absolute Gasteiger partial charge is 0.132 e. The number of hydrogen-bond donors (Lipinski definition) is 1. The van der Waals surface area contributed by atoms with Gasteiger partial charge >= 0.3 is 0 Å². The van der Waals surface area contributed by atoms with E-state index in [2.05, 4.69) is 0 Å². The number of rotatable bonds is 2. The molecule has 1 aliphatic rings. The maximum atomic E-state index is 14.0. The van der Waals surface area contributed by atoms with Crippen molar-refractivity contribution in [2.24, 2.45) is 11.1 Å². The minimum absolute atomic E-state index is 0.0591. The van der Waals surface area contributed by atoms with E-state index in [-0.39, 0.29) is 11.2 Å². The Kier molecular flexibility index (Phi) is 2.28. The number of hydrogen-bond acceptors (Lipinski definition) is 2. The van der Waals surface area contributed by atoms with Gasteiger partial charge in [0.25, 0.3) is 0 Å². The quantitative estimate of drug-likeness (QED) is 0.836. The molecule has 1 atom stereocenters. The zero-order valence-corrected chi connectivity index (χ0v) is 10.2. The minimum atomic E-state index is -0.587. The van der Waals surface area contributed by atoms with Gasteiger partial charge in [-0.1, -0.05) is 13.8 Å². The summed E-state index contributed by atoms with van der Waals surface area (Å²) < 4.78 is 19.3. The van der Waals surface area contributed by atoms with E-state index in [1.165, 1.54) is 6.07 Å². The second-order valence-electron chi connectivity index (χ2n) is 5.36. The van der Waals surface area contributed by atoms with Crippen LogP contribution in [0.2, 0.25) is 0 Å². The molecule has 0 aromatic heterocycles. The van der Waals surface area contributed by atoms with Crippen LogP contribution in [0.5, 0.6) is 5.75 Å². The normalized spacial score (nSPS) is 26.6. The zero-order chi connectivity index (χ0) is 12.1. The molecule has 1 unspecified atom stereocenters. The zero-order valence-electron chi connectivity index (χ0n) is 10.2. The van der Waals surface area contributed by atoms with Gasteiger partial charge in [0.2, 0.25) is 0 Å². The van der Waals surface area contributed by atoms with E-state index in [0.717, 1.165) is 12.0 Å². The van der Waals surface area contributed by atoms with Crippen LogP contribution in [0.1, 0.15) is 31.4 Å². The second kappa shape index (κ2) is 3.20. The van der Waals surface area contributed by atoms with Crippen LogP contribution in [0.3, 0.4) is 0 Å². The van der Waals surface area contributed by atoms with E-state index < -0.39 is 5.54 Å². The molecule has 88 valence electrons. The summed E-state index contributed by atoms with van der Waals surface area (Å²) in [6.45, 7) is 5.94. The minimum Gasteiger partial charge on any atom is -0.496 e. The number of nitrogens with two attached hydrogens (primary N) is 1. The van der Waals surface area contributed by atoms with Gasteiger partial charge in [-0.25, -0.2) is 4.39 Å². The average molecular weight is 223 g/mol. The Hall–Kier alpha value is -1.09. The summed E-state index contributed by atoms with van der Waals surface area (Å²) in [4.78, 5) is 0. The van der Waals surface area contributed by atoms with Crippen LogP contribution in [0.4, 0.5) is 4.39 Å². The van der Waals surface area contributed by atoms with Crippen LogP contribution in [0, 0.1) is 18.2 Å². The van der Waals surface area contributed by atoms with Crippen LogP contribution >= 0.6 is 0 Å². The van der Waals surface area contributed by atoms with Gasteiger partial charge in [-0.2, -0.15) is 0 Å². The molecule has 1 aromatic carbocycles. The van der Waals surface area contributed by atoms with Crippen LogP contribution < -0.4 is 10.5 Å². The molecule has 16 heavy (non-hydrogen) atoms. The largest absolute Gasteiger partial charge is 0.496 e. The SMILES string of the molecule is COc1cc(C)cc(F)c1C1(N)CC1(C)C. The Morgan fingerprint density at radius 1 is 1.38 bits per heavy atom. The first-order valence-electron chi connectivity index (χ1n) is 5.45. The van der Waals surface area contributed by atoms with E-state index in [9.17, 15) is 4.39 Å². The van der Waals surface area contributed by atoms with Crippen molar-refractivity contribution >= 4 is 0 Å². The summed E-state index contributed by atoms with van der Waals surface area (Å²) >= 11 is 0. The molecule has 0 aliphatic heterocycles. The van der Waals surface area contributed by atoms with Gasteiger partial charge in [-0.15, -0.1) is 0 Å². The third kappa shape index (κ3) is 1.42. The monoisotopic (exact) mass is 223 g/mol. The van der Waals surface area contributed by atoms with Gasteiger partial charge in [0.1, 0.15) is 11.6 Å². The number of methoxy groups -OCH3 is 1. The summed E-state index contributed by atoms with van der Waals surface area (Å²) in [5.74, 6) is 0.301. The van der Waals surface area contributed by atoms with E-state index >= 15 is 0 Å². The third-order valence-corrected chi connectivity index (χ3v) is 3.67. The average Bonchev–Trinajstić information content (AvgIpc) is 2.64. The first kappa shape index (κ1) is 11.4. The lowest BCUT2D eigenvalue weighted by Crippen LogP contribution is -2.27. The molecule has 1 saturated carbocycles. The van der Waals surface area contributed by atoms with Crippen molar-refractivity contribution in [3.05, 3.63) is 29.1 Å². The standard InChI is InChI=1S/C13H18FNO/c1-8-5-9(14)11(10(6-8)16-4)13(15)7-12(13,2)3/h5-6H,7,15H2,1-4H3. The Labute approximate surface area is 95.6 Å². The molecule has 2 N–H and O–H groups in total.